The van der Waals surface area contributed by atoms with E-state index in [9.17, 15) is 17.6 Å². The van der Waals surface area contributed by atoms with Crippen molar-refractivity contribution in [3.05, 3.63) is 53.3 Å². The Morgan fingerprint density at radius 1 is 1.03 bits per heavy atom. The van der Waals surface area contributed by atoms with E-state index in [-0.39, 0.29) is 18.3 Å². The number of hydrogen-bond donors (Lipinski definition) is 0. The first-order chi connectivity index (χ1) is 15.2. The molecule has 2 heterocycles. The van der Waals surface area contributed by atoms with Gasteiger partial charge in [-0.1, -0.05) is 6.07 Å². The smallest absolute Gasteiger partial charge is 0.227 e. The fourth-order valence-electron chi connectivity index (χ4n) is 4.17. The molecule has 2 fully saturated rings. The van der Waals surface area contributed by atoms with Crippen LogP contribution in [0.3, 0.4) is 0 Å². The first-order valence-electron chi connectivity index (χ1n) is 10.7. The van der Waals surface area contributed by atoms with Crippen molar-refractivity contribution in [1.82, 2.24) is 4.31 Å². The van der Waals surface area contributed by atoms with Gasteiger partial charge in [0.1, 0.15) is 18.2 Å². The summed E-state index contributed by atoms with van der Waals surface area (Å²) in [7, 11) is -3.22. The summed E-state index contributed by atoms with van der Waals surface area (Å²) in [6.07, 6.45) is 2.61. The lowest BCUT2D eigenvalue weighted by Gasteiger charge is -2.36. The Bertz CT molecular complexity index is 1110. The standard InChI is InChI=1S/C23H28FN3O4S/c1-17-5-7-20(15-21(17)24)31-16-18-14-19(27-9-3-4-23(27)28)6-8-22(18)25-10-12-26(13-11-25)32(2,29)30/h5-8,14-15H,3-4,9-13,16H2,1-2H3. The van der Waals surface area contributed by atoms with Gasteiger partial charge in [0.2, 0.25) is 15.9 Å². The van der Waals surface area contributed by atoms with Crippen LogP contribution in [0.2, 0.25) is 0 Å². The second-order valence-corrected chi connectivity index (χ2v) is 10.3. The van der Waals surface area contributed by atoms with E-state index in [1.165, 1.54) is 16.6 Å². The quantitative estimate of drug-likeness (QED) is 0.662. The summed E-state index contributed by atoms with van der Waals surface area (Å²) in [5.74, 6) is 0.214. The van der Waals surface area contributed by atoms with Crippen molar-refractivity contribution in [3.8, 4) is 5.75 Å². The summed E-state index contributed by atoms with van der Waals surface area (Å²) in [6.45, 7) is 4.53. The zero-order chi connectivity index (χ0) is 22.9. The number of carbonyl (C=O) groups is 1. The van der Waals surface area contributed by atoms with Crippen LogP contribution in [0.5, 0.6) is 5.75 Å². The molecular formula is C23H28FN3O4S. The van der Waals surface area contributed by atoms with Crippen LogP contribution >= 0.6 is 0 Å². The number of rotatable bonds is 6. The fraction of sp³-hybridized carbons (Fsp3) is 0.435. The van der Waals surface area contributed by atoms with E-state index in [0.717, 1.165) is 23.4 Å². The maximum Gasteiger partial charge on any atom is 0.227 e. The minimum absolute atomic E-state index is 0.104. The number of ether oxygens (including phenoxy) is 1. The number of carbonyl (C=O) groups excluding carboxylic acids is 1. The monoisotopic (exact) mass is 461 g/mol. The summed E-state index contributed by atoms with van der Waals surface area (Å²) in [5.41, 5.74) is 3.17. The molecule has 0 bridgehead atoms. The highest BCUT2D eigenvalue weighted by Gasteiger charge is 2.26. The van der Waals surface area contributed by atoms with E-state index in [4.69, 9.17) is 4.74 Å². The molecular weight excluding hydrogens is 433 g/mol. The van der Waals surface area contributed by atoms with Crippen LogP contribution in [0.15, 0.2) is 36.4 Å². The Morgan fingerprint density at radius 3 is 2.41 bits per heavy atom. The molecule has 0 aliphatic carbocycles. The minimum atomic E-state index is -3.22. The van der Waals surface area contributed by atoms with Gasteiger partial charge in [-0.25, -0.2) is 12.8 Å². The molecule has 1 amide bonds. The zero-order valence-corrected chi connectivity index (χ0v) is 19.2. The molecule has 2 saturated heterocycles. The Labute approximate surface area is 188 Å². The molecule has 0 aromatic heterocycles. The number of anilines is 2. The van der Waals surface area contributed by atoms with Gasteiger partial charge in [-0.2, -0.15) is 4.31 Å². The van der Waals surface area contributed by atoms with Crippen molar-refractivity contribution in [3.63, 3.8) is 0 Å². The molecule has 172 valence electrons. The van der Waals surface area contributed by atoms with Crippen LogP contribution < -0.4 is 14.5 Å². The second-order valence-electron chi connectivity index (χ2n) is 8.31. The SMILES string of the molecule is Cc1ccc(OCc2cc(N3CCCC3=O)ccc2N2CCN(S(C)(=O)=O)CC2)cc1F. The third-order valence-electron chi connectivity index (χ3n) is 6.03. The van der Waals surface area contributed by atoms with Gasteiger partial charge >= 0.3 is 0 Å². The average molecular weight is 462 g/mol. The van der Waals surface area contributed by atoms with Gasteiger partial charge in [0, 0.05) is 62.1 Å². The molecule has 4 rings (SSSR count). The number of sulfonamides is 1. The number of amides is 1. The molecule has 9 heteroatoms. The lowest BCUT2D eigenvalue weighted by molar-refractivity contribution is -0.117. The Hall–Kier alpha value is -2.65. The summed E-state index contributed by atoms with van der Waals surface area (Å²) < 4.78 is 45.0. The topological polar surface area (TPSA) is 70.2 Å². The third kappa shape index (κ3) is 4.88. The van der Waals surface area contributed by atoms with Gasteiger partial charge in [0.15, 0.2) is 0 Å². The summed E-state index contributed by atoms with van der Waals surface area (Å²) >= 11 is 0. The summed E-state index contributed by atoms with van der Waals surface area (Å²) in [5, 5.41) is 0. The first kappa shape index (κ1) is 22.5. The molecule has 2 aliphatic rings. The van der Waals surface area contributed by atoms with Crippen molar-refractivity contribution in [2.45, 2.75) is 26.4 Å². The number of aryl methyl sites for hydroxylation is 1. The van der Waals surface area contributed by atoms with E-state index in [0.29, 0.717) is 50.5 Å². The van der Waals surface area contributed by atoms with E-state index < -0.39 is 10.0 Å². The van der Waals surface area contributed by atoms with Gasteiger partial charge in [0.05, 0.1) is 6.26 Å². The first-order valence-corrected chi connectivity index (χ1v) is 12.6. The average Bonchev–Trinajstić information content (AvgIpc) is 3.20. The van der Waals surface area contributed by atoms with Crippen molar-refractivity contribution in [2.24, 2.45) is 0 Å². The number of hydrogen-bond acceptors (Lipinski definition) is 5. The Kier molecular flexibility index (Phi) is 6.39. The van der Waals surface area contributed by atoms with Crippen molar-refractivity contribution in [1.29, 1.82) is 0 Å². The number of benzene rings is 2. The van der Waals surface area contributed by atoms with E-state index >= 15 is 0 Å². The number of piperazine rings is 1. The molecule has 0 N–H and O–H groups in total. The second kappa shape index (κ2) is 9.07. The fourth-order valence-corrected chi connectivity index (χ4v) is 5.00. The maximum atomic E-state index is 13.9. The van der Waals surface area contributed by atoms with Crippen LogP contribution in [-0.2, 0) is 21.4 Å². The molecule has 2 aliphatic heterocycles. The highest BCUT2D eigenvalue weighted by molar-refractivity contribution is 7.88. The molecule has 32 heavy (non-hydrogen) atoms. The van der Waals surface area contributed by atoms with E-state index in [2.05, 4.69) is 4.90 Å². The zero-order valence-electron chi connectivity index (χ0n) is 18.4. The van der Waals surface area contributed by atoms with Crippen LogP contribution in [0, 0.1) is 12.7 Å². The van der Waals surface area contributed by atoms with Gasteiger partial charge in [-0.3, -0.25) is 4.79 Å². The highest BCUT2D eigenvalue weighted by atomic mass is 32.2. The summed E-state index contributed by atoms with van der Waals surface area (Å²) in [6, 6.07) is 10.6. The van der Waals surface area contributed by atoms with Crippen molar-refractivity contribution >= 4 is 27.3 Å². The van der Waals surface area contributed by atoms with Gasteiger partial charge in [-0.05, 0) is 43.2 Å². The lowest BCUT2D eigenvalue weighted by atomic mass is 10.1. The molecule has 0 atom stereocenters. The van der Waals surface area contributed by atoms with Crippen LogP contribution in [0.1, 0.15) is 24.0 Å². The predicted molar refractivity (Wildman–Crippen MR) is 122 cm³/mol. The van der Waals surface area contributed by atoms with E-state index in [1.807, 2.05) is 18.2 Å². The molecule has 0 radical (unpaired) electrons. The van der Waals surface area contributed by atoms with Crippen LogP contribution in [0.25, 0.3) is 0 Å². The van der Waals surface area contributed by atoms with Crippen molar-refractivity contribution in [2.75, 3.05) is 48.8 Å². The molecule has 7 nitrogen and oxygen atoms in total. The third-order valence-corrected chi connectivity index (χ3v) is 7.34. The van der Waals surface area contributed by atoms with Crippen molar-refractivity contribution < 1.29 is 22.3 Å². The lowest BCUT2D eigenvalue weighted by Crippen LogP contribution is -2.48. The minimum Gasteiger partial charge on any atom is -0.489 e. The Morgan fingerprint density at radius 2 is 1.78 bits per heavy atom. The van der Waals surface area contributed by atoms with E-state index in [1.54, 1.807) is 24.0 Å². The molecule has 2 aromatic carbocycles. The van der Waals surface area contributed by atoms with Crippen LogP contribution in [-0.4, -0.2) is 57.6 Å². The molecule has 0 spiro atoms. The maximum absolute atomic E-state index is 13.9. The number of nitrogens with zero attached hydrogens (tertiary/aromatic N) is 3. The van der Waals surface area contributed by atoms with Gasteiger partial charge in [0.25, 0.3) is 0 Å². The molecule has 0 unspecified atom stereocenters. The normalized spacial score (nSPS) is 17.8. The molecule has 0 saturated carbocycles. The summed E-state index contributed by atoms with van der Waals surface area (Å²) in [4.78, 5) is 16.1. The largest absolute Gasteiger partial charge is 0.489 e. The Balaban J connectivity index is 1.58. The predicted octanol–water partition coefficient (Wildman–Crippen LogP) is 2.92. The van der Waals surface area contributed by atoms with Gasteiger partial charge in [-0.15, -0.1) is 0 Å². The van der Waals surface area contributed by atoms with Gasteiger partial charge < -0.3 is 14.5 Å². The molecule has 2 aromatic rings. The number of halogens is 1. The highest BCUT2D eigenvalue weighted by Crippen LogP contribution is 2.31. The van der Waals surface area contributed by atoms with Crippen LogP contribution in [0.4, 0.5) is 15.8 Å².